The minimum absolute atomic E-state index is 0.0737. The van der Waals surface area contributed by atoms with Crippen LogP contribution in [0.5, 0.6) is 0 Å². The summed E-state index contributed by atoms with van der Waals surface area (Å²) in [4.78, 5) is 12.7. The highest BCUT2D eigenvalue weighted by molar-refractivity contribution is 6.29. The first kappa shape index (κ1) is 18.2. The van der Waals surface area contributed by atoms with Crippen LogP contribution in [0, 0.1) is 11.8 Å². The van der Waals surface area contributed by atoms with Gasteiger partial charge in [0, 0.05) is 31.8 Å². The van der Waals surface area contributed by atoms with Crippen molar-refractivity contribution in [3.05, 3.63) is 36.0 Å². The SMILES string of the molecule is CCCN1N=CCC2C(C3=CC(C)C=CC=C3)N=C(N3CCCC3)C=NC21. The largest absolute Gasteiger partial charge is 0.356 e. The third kappa shape index (κ3) is 3.92. The van der Waals surface area contributed by atoms with Gasteiger partial charge in [-0.3, -0.25) is 15.0 Å². The molecule has 1 fully saturated rings. The van der Waals surface area contributed by atoms with Gasteiger partial charge in [0.15, 0.2) is 0 Å². The van der Waals surface area contributed by atoms with E-state index in [4.69, 9.17) is 9.98 Å². The van der Waals surface area contributed by atoms with E-state index in [1.54, 1.807) is 0 Å². The average Bonchev–Trinajstić information content (AvgIpc) is 3.02. The third-order valence-electron chi connectivity index (χ3n) is 5.81. The van der Waals surface area contributed by atoms with Crippen LogP contribution in [0.4, 0.5) is 0 Å². The first-order valence-electron chi connectivity index (χ1n) is 10.5. The number of amidine groups is 1. The van der Waals surface area contributed by atoms with Crippen molar-refractivity contribution >= 4 is 18.3 Å². The minimum Gasteiger partial charge on any atom is -0.356 e. The van der Waals surface area contributed by atoms with Crippen molar-refractivity contribution in [2.24, 2.45) is 26.9 Å². The summed E-state index contributed by atoms with van der Waals surface area (Å²) >= 11 is 0. The molecular formula is C22H31N5. The second-order valence-electron chi connectivity index (χ2n) is 7.95. The van der Waals surface area contributed by atoms with Gasteiger partial charge in [-0.05, 0) is 37.2 Å². The highest BCUT2D eigenvalue weighted by Crippen LogP contribution is 2.33. The molecule has 5 heteroatoms. The number of allylic oxidation sites excluding steroid dienone is 4. The Bertz CT molecular complexity index is 708. The monoisotopic (exact) mass is 365 g/mol. The Hall–Kier alpha value is -2.17. The van der Waals surface area contributed by atoms with Crippen molar-refractivity contribution in [3.8, 4) is 0 Å². The Kier molecular flexibility index (Phi) is 5.55. The van der Waals surface area contributed by atoms with Crippen LogP contribution in [0.2, 0.25) is 0 Å². The predicted molar refractivity (Wildman–Crippen MR) is 113 cm³/mol. The average molecular weight is 366 g/mol. The van der Waals surface area contributed by atoms with Crippen LogP contribution in [0.25, 0.3) is 0 Å². The molecule has 0 aromatic carbocycles. The molecular weight excluding hydrogens is 334 g/mol. The summed E-state index contributed by atoms with van der Waals surface area (Å²) < 4.78 is 0. The molecule has 0 saturated carbocycles. The van der Waals surface area contributed by atoms with Gasteiger partial charge >= 0.3 is 0 Å². The summed E-state index contributed by atoms with van der Waals surface area (Å²) in [6.45, 7) is 7.57. The molecule has 1 aliphatic carbocycles. The van der Waals surface area contributed by atoms with Gasteiger partial charge in [0.25, 0.3) is 0 Å². The van der Waals surface area contributed by atoms with Gasteiger partial charge in [-0.15, -0.1) is 0 Å². The fourth-order valence-corrected chi connectivity index (χ4v) is 4.45. The second-order valence-corrected chi connectivity index (χ2v) is 7.95. The van der Waals surface area contributed by atoms with Crippen LogP contribution in [0.1, 0.15) is 39.5 Å². The number of hydrogen-bond donors (Lipinski definition) is 0. The number of nitrogens with zero attached hydrogens (tertiary/aromatic N) is 5. The quantitative estimate of drug-likeness (QED) is 0.766. The number of rotatable bonds is 3. The zero-order chi connectivity index (χ0) is 18.6. The molecule has 0 spiro atoms. The van der Waals surface area contributed by atoms with Crippen molar-refractivity contribution in [2.75, 3.05) is 19.6 Å². The molecule has 144 valence electrons. The van der Waals surface area contributed by atoms with Gasteiger partial charge < -0.3 is 4.90 Å². The molecule has 3 heterocycles. The molecule has 4 rings (SSSR count). The lowest BCUT2D eigenvalue weighted by Gasteiger charge is -2.37. The van der Waals surface area contributed by atoms with E-state index >= 15 is 0 Å². The van der Waals surface area contributed by atoms with Gasteiger partial charge in [-0.25, -0.2) is 0 Å². The molecule has 0 N–H and O–H groups in total. The lowest BCUT2D eigenvalue weighted by molar-refractivity contribution is 0.135. The maximum absolute atomic E-state index is 5.29. The number of hydrazone groups is 1. The molecule has 4 atom stereocenters. The zero-order valence-corrected chi connectivity index (χ0v) is 16.5. The first-order valence-corrected chi connectivity index (χ1v) is 10.5. The highest BCUT2D eigenvalue weighted by Gasteiger charge is 2.38. The lowest BCUT2D eigenvalue weighted by atomic mass is 9.86. The molecule has 5 nitrogen and oxygen atoms in total. The fraction of sp³-hybridized carbons (Fsp3) is 0.591. The highest BCUT2D eigenvalue weighted by atomic mass is 15.5. The standard InChI is InChI=1S/C22H31N5/c1-3-12-27-22-19(10-11-24-27)21(18-9-5-4-8-17(2)15-18)25-20(16-23-22)26-13-6-7-14-26/h4-5,8-9,11,15-17,19,21-22H,3,6-7,10,12-14H2,1-2H3. The van der Waals surface area contributed by atoms with Crippen molar-refractivity contribution < 1.29 is 0 Å². The summed E-state index contributed by atoms with van der Waals surface area (Å²) in [6, 6.07) is 0.123. The topological polar surface area (TPSA) is 43.6 Å². The number of hydrogen-bond acceptors (Lipinski definition) is 5. The smallest absolute Gasteiger partial charge is 0.142 e. The molecule has 0 amide bonds. The van der Waals surface area contributed by atoms with E-state index in [2.05, 4.69) is 65.5 Å². The van der Waals surface area contributed by atoms with Crippen LogP contribution < -0.4 is 0 Å². The van der Waals surface area contributed by atoms with Crippen LogP contribution in [0.3, 0.4) is 0 Å². The molecule has 4 aliphatic rings. The van der Waals surface area contributed by atoms with Crippen LogP contribution >= 0.6 is 0 Å². The van der Waals surface area contributed by atoms with Gasteiger partial charge in [0.2, 0.25) is 0 Å². The molecule has 0 bridgehead atoms. The van der Waals surface area contributed by atoms with E-state index in [9.17, 15) is 0 Å². The summed E-state index contributed by atoms with van der Waals surface area (Å²) in [5.41, 5.74) is 1.32. The Labute approximate surface area is 162 Å². The Morgan fingerprint density at radius 1 is 1.19 bits per heavy atom. The van der Waals surface area contributed by atoms with E-state index < -0.39 is 0 Å². The number of likely N-dealkylation sites (tertiary alicyclic amines) is 1. The maximum atomic E-state index is 5.29. The Balaban J connectivity index is 1.72. The molecule has 0 radical (unpaired) electrons. The predicted octanol–water partition coefficient (Wildman–Crippen LogP) is 3.67. The second kappa shape index (κ2) is 8.24. The summed E-state index contributed by atoms with van der Waals surface area (Å²) in [6.07, 6.45) is 19.8. The molecule has 4 unspecified atom stereocenters. The van der Waals surface area contributed by atoms with Crippen LogP contribution in [-0.2, 0) is 0 Å². The molecule has 3 aliphatic heterocycles. The van der Waals surface area contributed by atoms with Gasteiger partial charge in [-0.2, -0.15) is 5.10 Å². The van der Waals surface area contributed by atoms with Gasteiger partial charge in [0.1, 0.15) is 12.0 Å². The molecule has 0 aromatic heterocycles. The zero-order valence-electron chi connectivity index (χ0n) is 16.5. The summed E-state index contributed by atoms with van der Waals surface area (Å²) in [5.74, 6) is 1.81. The van der Waals surface area contributed by atoms with Crippen molar-refractivity contribution in [1.82, 2.24) is 9.91 Å². The number of aliphatic imine (C=N–C) groups is 2. The molecule has 1 saturated heterocycles. The summed E-state index contributed by atoms with van der Waals surface area (Å²) in [7, 11) is 0. The van der Waals surface area contributed by atoms with Crippen molar-refractivity contribution in [1.29, 1.82) is 0 Å². The van der Waals surface area contributed by atoms with Gasteiger partial charge in [-0.1, -0.05) is 44.2 Å². The summed E-state index contributed by atoms with van der Waals surface area (Å²) in [5, 5.41) is 6.83. The fourth-order valence-electron chi connectivity index (χ4n) is 4.45. The molecule has 0 aromatic rings. The van der Waals surface area contributed by atoms with E-state index in [0.717, 1.165) is 38.3 Å². The Morgan fingerprint density at radius 3 is 2.85 bits per heavy atom. The van der Waals surface area contributed by atoms with Crippen LogP contribution in [-0.4, -0.2) is 60.0 Å². The van der Waals surface area contributed by atoms with E-state index in [1.165, 1.54) is 18.4 Å². The normalized spacial score (nSPS) is 32.8. The minimum atomic E-state index is 0.0737. The van der Waals surface area contributed by atoms with Crippen molar-refractivity contribution in [3.63, 3.8) is 0 Å². The van der Waals surface area contributed by atoms with Crippen molar-refractivity contribution in [2.45, 2.75) is 51.7 Å². The first-order chi connectivity index (χ1) is 13.3. The maximum Gasteiger partial charge on any atom is 0.142 e. The van der Waals surface area contributed by atoms with Gasteiger partial charge in [0.05, 0.1) is 12.3 Å². The third-order valence-corrected chi connectivity index (χ3v) is 5.81. The van der Waals surface area contributed by atoms with E-state index in [-0.39, 0.29) is 12.2 Å². The van der Waals surface area contributed by atoms with E-state index in [0.29, 0.717) is 11.8 Å². The van der Waals surface area contributed by atoms with Crippen LogP contribution in [0.15, 0.2) is 51.0 Å². The Morgan fingerprint density at radius 2 is 2.04 bits per heavy atom. The van der Waals surface area contributed by atoms with E-state index in [1.807, 2.05) is 6.21 Å². The lowest BCUT2D eigenvalue weighted by Crippen LogP contribution is -2.44. The molecule has 27 heavy (non-hydrogen) atoms. The number of fused-ring (bicyclic) bond motifs is 1.